The smallest absolute Gasteiger partial charge is 0.280 e. The predicted octanol–water partition coefficient (Wildman–Crippen LogP) is 4.38. The number of rotatable bonds is 1. The van der Waals surface area contributed by atoms with Gasteiger partial charge in [0, 0.05) is 5.56 Å². The monoisotopic (exact) mass is 328 g/mol. The van der Waals surface area contributed by atoms with Gasteiger partial charge in [0.05, 0.1) is 21.8 Å². The molecule has 0 fully saturated rings. The van der Waals surface area contributed by atoms with Crippen molar-refractivity contribution in [1.82, 2.24) is 5.43 Å². The van der Waals surface area contributed by atoms with Crippen LogP contribution < -0.4 is 5.43 Å². The lowest BCUT2D eigenvalue weighted by Crippen LogP contribution is -2.37. The summed E-state index contributed by atoms with van der Waals surface area (Å²) in [5.74, 6) is 0. The summed E-state index contributed by atoms with van der Waals surface area (Å²) in [6, 6.07) is 4.48. The minimum absolute atomic E-state index is 0.0369. The molecule has 19 heavy (non-hydrogen) atoms. The highest BCUT2D eigenvalue weighted by atomic mass is 35.5. The van der Waals surface area contributed by atoms with E-state index in [-0.39, 0.29) is 15.6 Å². The van der Waals surface area contributed by atoms with Crippen LogP contribution in [0.2, 0.25) is 0 Å². The number of allylic oxidation sites excluding steroid dienone is 1. The Hall–Kier alpha value is -0.910. The van der Waals surface area contributed by atoms with Crippen molar-refractivity contribution in [2.24, 2.45) is 5.10 Å². The Labute approximate surface area is 121 Å². The van der Waals surface area contributed by atoms with E-state index < -0.39 is 16.7 Å². The van der Waals surface area contributed by atoms with Crippen LogP contribution in [-0.4, -0.2) is 6.21 Å². The molecule has 1 aromatic carbocycles. The van der Waals surface area contributed by atoms with Gasteiger partial charge in [-0.1, -0.05) is 46.9 Å². The van der Waals surface area contributed by atoms with E-state index in [9.17, 15) is 13.2 Å². The fourth-order valence-corrected chi connectivity index (χ4v) is 2.26. The number of nitrogens with zero attached hydrogens (tertiary/aromatic N) is 1. The van der Waals surface area contributed by atoms with Gasteiger partial charge in [0.25, 0.3) is 0 Å². The summed E-state index contributed by atoms with van der Waals surface area (Å²) in [5, 5.41) is 3.69. The standard InChI is InChI=1S/C11H6Cl3F3N2/c12-8-5-18-19-10(14,9(8)13)6-2-1-3-7(4-6)11(15,16)17/h1-5,19H. The minimum Gasteiger partial charge on any atom is -0.280 e. The van der Waals surface area contributed by atoms with Crippen molar-refractivity contribution in [3.63, 3.8) is 0 Å². The van der Waals surface area contributed by atoms with Crippen molar-refractivity contribution < 1.29 is 13.2 Å². The van der Waals surface area contributed by atoms with E-state index in [0.717, 1.165) is 12.1 Å². The van der Waals surface area contributed by atoms with Crippen LogP contribution in [0.4, 0.5) is 13.2 Å². The van der Waals surface area contributed by atoms with Crippen LogP contribution in [0.3, 0.4) is 0 Å². The first-order chi connectivity index (χ1) is 8.75. The van der Waals surface area contributed by atoms with Crippen LogP contribution in [0, 0.1) is 0 Å². The molecule has 1 heterocycles. The molecule has 0 bridgehead atoms. The highest BCUT2D eigenvalue weighted by Crippen LogP contribution is 2.42. The van der Waals surface area contributed by atoms with Crippen molar-refractivity contribution in [3.05, 3.63) is 45.5 Å². The molecule has 0 spiro atoms. The summed E-state index contributed by atoms with van der Waals surface area (Å²) in [6.45, 7) is 0. The van der Waals surface area contributed by atoms with Crippen molar-refractivity contribution >= 4 is 41.0 Å². The van der Waals surface area contributed by atoms with E-state index in [2.05, 4.69) is 10.5 Å². The second-order valence-electron chi connectivity index (χ2n) is 3.77. The predicted molar refractivity (Wildman–Crippen MR) is 69.3 cm³/mol. The van der Waals surface area contributed by atoms with Crippen LogP contribution in [0.1, 0.15) is 11.1 Å². The second kappa shape index (κ2) is 4.89. The van der Waals surface area contributed by atoms with Crippen LogP contribution in [0.15, 0.2) is 39.4 Å². The molecule has 0 saturated carbocycles. The van der Waals surface area contributed by atoms with Crippen molar-refractivity contribution in [2.45, 2.75) is 11.2 Å². The Kier molecular flexibility index (Phi) is 3.73. The third-order valence-electron chi connectivity index (χ3n) is 2.50. The van der Waals surface area contributed by atoms with E-state index in [0.29, 0.717) is 0 Å². The highest BCUT2D eigenvalue weighted by Gasteiger charge is 2.39. The quantitative estimate of drug-likeness (QED) is 0.600. The Morgan fingerprint density at radius 2 is 1.89 bits per heavy atom. The zero-order valence-corrected chi connectivity index (χ0v) is 11.4. The first kappa shape index (κ1) is 14.5. The summed E-state index contributed by atoms with van der Waals surface area (Å²) in [7, 11) is 0. The van der Waals surface area contributed by atoms with Crippen LogP contribution >= 0.6 is 34.8 Å². The molecule has 1 unspecified atom stereocenters. The molecular weight excluding hydrogens is 323 g/mol. The first-order valence-electron chi connectivity index (χ1n) is 4.98. The molecule has 1 aliphatic rings. The lowest BCUT2D eigenvalue weighted by Gasteiger charge is -2.30. The van der Waals surface area contributed by atoms with Crippen molar-refractivity contribution in [3.8, 4) is 0 Å². The van der Waals surface area contributed by atoms with Gasteiger partial charge in [-0.05, 0) is 12.1 Å². The summed E-state index contributed by atoms with van der Waals surface area (Å²) in [6.07, 6.45) is -3.25. The fourth-order valence-electron chi connectivity index (χ4n) is 1.55. The SMILES string of the molecule is FC(F)(F)c1cccc(C2(Cl)NN=CC(Cl)=C2Cl)c1. The van der Waals surface area contributed by atoms with E-state index in [4.69, 9.17) is 34.8 Å². The molecular formula is C11H6Cl3F3N2. The molecule has 0 saturated heterocycles. The third-order valence-corrected chi connectivity index (χ3v) is 3.96. The molecule has 0 amide bonds. The van der Waals surface area contributed by atoms with Gasteiger partial charge in [-0.3, -0.25) is 5.43 Å². The van der Waals surface area contributed by atoms with E-state index in [1.807, 2.05) is 0 Å². The molecule has 8 heteroatoms. The zero-order chi connectivity index (χ0) is 14.3. The molecule has 1 atom stereocenters. The van der Waals surface area contributed by atoms with E-state index in [1.54, 1.807) is 0 Å². The van der Waals surface area contributed by atoms with Crippen molar-refractivity contribution in [1.29, 1.82) is 0 Å². The van der Waals surface area contributed by atoms with E-state index in [1.165, 1.54) is 18.3 Å². The molecule has 102 valence electrons. The second-order valence-corrected chi connectivity index (χ2v) is 5.12. The molecule has 0 aliphatic carbocycles. The molecule has 0 aromatic heterocycles. The van der Waals surface area contributed by atoms with Gasteiger partial charge in [0.15, 0.2) is 5.00 Å². The molecule has 2 rings (SSSR count). The van der Waals surface area contributed by atoms with Gasteiger partial charge in [-0.2, -0.15) is 18.3 Å². The summed E-state index contributed by atoms with van der Waals surface area (Å²) < 4.78 is 38.0. The summed E-state index contributed by atoms with van der Waals surface area (Å²) in [5.41, 5.74) is 1.73. The number of alkyl halides is 4. The van der Waals surface area contributed by atoms with Gasteiger partial charge in [-0.25, -0.2) is 0 Å². The number of halogens is 6. The number of nitrogens with one attached hydrogen (secondary N) is 1. The van der Waals surface area contributed by atoms with Crippen LogP contribution in [0.5, 0.6) is 0 Å². The normalized spacial score (nSPS) is 23.5. The number of benzene rings is 1. The highest BCUT2D eigenvalue weighted by molar-refractivity contribution is 6.49. The Morgan fingerprint density at radius 1 is 1.21 bits per heavy atom. The van der Waals surface area contributed by atoms with Crippen LogP contribution in [-0.2, 0) is 11.2 Å². The maximum absolute atomic E-state index is 12.7. The first-order valence-corrected chi connectivity index (χ1v) is 6.11. The molecule has 1 N–H and O–H groups in total. The topological polar surface area (TPSA) is 24.4 Å². The maximum Gasteiger partial charge on any atom is 0.416 e. The van der Waals surface area contributed by atoms with E-state index >= 15 is 0 Å². The Balaban J connectivity index is 2.51. The number of hydrazone groups is 1. The van der Waals surface area contributed by atoms with Gasteiger partial charge in [-0.15, -0.1) is 0 Å². The number of hydrogen-bond acceptors (Lipinski definition) is 2. The van der Waals surface area contributed by atoms with Gasteiger partial charge < -0.3 is 0 Å². The summed E-state index contributed by atoms with van der Waals surface area (Å²) >= 11 is 17.9. The molecule has 1 aliphatic heterocycles. The lowest BCUT2D eigenvalue weighted by atomic mass is 10.0. The number of hydrogen-bond donors (Lipinski definition) is 1. The lowest BCUT2D eigenvalue weighted by molar-refractivity contribution is -0.137. The zero-order valence-electron chi connectivity index (χ0n) is 9.10. The minimum atomic E-state index is -4.47. The van der Waals surface area contributed by atoms with Crippen LogP contribution in [0.25, 0.3) is 0 Å². The van der Waals surface area contributed by atoms with Gasteiger partial charge >= 0.3 is 6.18 Å². The van der Waals surface area contributed by atoms with Gasteiger partial charge in [0.1, 0.15) is 0 Å². The Morgan fingerprint density at radius 3 is 2.53 bits per heavy atom. The average molecular weight is 330 g/mol. The average Bonchev–Trinajstić information content (AvgIpc) is 2.35. The van der Waals surface area contributed by atoms with Gasteiger partial charge in [0.2, 0.25) is 0 Å². The fraction of sp³-hybridized carbons (Fsp3) is 0.182. The largest absolute Gasteiger partial charge is 0.416 e. The Bertz CT molecular complexity index is 569. The maximum atomic E-state index is 12.7. The summed E-state index contributed by atoms with van der Waals surface area (Å²) in [4.78, 5) is -1.60. The molecule has 1 aromatic rings. The molecule has 2 nitrogen and oxygen atoms in total. The van der Waals surface area contributed by atoms with Crippen molar-refractivity contribution in [2.75, 3.05) is 0 Å². The molecule has 0 radical (unpaired) electrons. The third kappa shape index (κ3) is 2.68.